The number of hydrogen-bond donors (Lipinski definition) is 1. The van der Waals surface area contributed by atoms with Crippen LogP contribution in [0.25, 0.3) is 0 Å². The number of amides is 2. The molecule has 0 aliphatic carbocycles. The molecule has 0 bridgehead atoms. The summed E-state index contributed by atoms with van der Waals surface area (Å²) >= 11 is 13.0. The number of carbonyl (C=O) groups excluding carboxylic acids is 2. The molecule has 0 aromatic heterocycles. The fourth-order valence-electron chi connectivity index (χ4n) is 4.44. The van der Waals surface area contributed by atoms with Crippen LogP contribution in [0.2, 0.25) is 10.0 Å². The summed E-state index contributed by atoms with van der Waals surface area (Å²) < 4.78 is 29.1. The second-order valence-corrected chi connectivity index (χ2v) is 12.8. The fraction of sp³-hybridized carbons (Fsp3) is 0.355. The molecule has 3 aromatic rings. The smallest absolute Gasteiger partial charge is 0.264 e. The zero-order valence-electron chi connectivity index (χ0n) is 24.0. The van der Waals surface area contributed by atoms with Crippen LogP contribution in [0.5, 0.6) is 0 Å². The lowest BCUT2D eigenvalue weighted by Gasteiger charge is -2.34. The van der Waals surface area contributed by atoms with Crippen LogP contribution in [0.1, 0.15) is 50.3 Å². The third-order valence-electron chi connectivity index (χ3n) is 7.02. The number of nitrogens with zero attached hydrogens (tertiary/aromatic N) is 2. The number of hydrogen-bond acceptors (Lipinski definition) is 4. The SMILES string of the molecule is CC[C@@H](C)NC(=O)[C@H](CC)N(Cc1c(Cl)cccc1Cl)C(=O)CN(c1cc(C)ccc1C)S(=O)(=O)c1ccccc1. The molecule has 3 aromatic carbocycles. The lowest BCUT2D eigenvalue weighted by atomic mass is 10.1. The van der Waals surface area contributed by atoms with Gasteiger partial charge in [-0.05, 0) is 75.1 Å². The molecule has 2 amide bonds. The van der Waals surface area contributed by atoms with E-state index in [2.05, 4.69) is 5.32 Å². The Bertz CT molecular complexity index is 1460. The van der Waals surface area contributed by atoms with Crippen LogP contribution >= 0.6 is 23.2 Å². The van der Waals surface area contributed by atoms with Gasteiger partial charge in [0.05, 0.1) is 10.6 Å². The molecule has 0 radical (unpaired) electrons. The molecule has 0 heterocycles. The number of benzene rings is 3. The van der Waals surface area contributed by atoms with Crippen molar-refractivity contribution in [1.29, 1.82) is 0 Å². The minimum Gasteiger partial charge on any atom is -0.352 e. The van der Waals surface area contributed by atoms with Crippen LogP contribution < -0.4 is 9.62 Å². The molecule has 7 nitrogen and oxygen atoms in total. The molecular weight excluding hydrogens is 581 g/mol. The summed E-state index contributed by atoms with van der Waals surface area (Å²) in [5.41, 5.74) is 2.38. The van der Waals surface area contributed by atoms with E-state index in [0.29, 0.717) is 39.7 Å². The molecule has 10 heteroatoms. The maximum absolute atomic E-state index is 14.2. The molecule has 0 unspecified atom stereocenters. The molecule has 41 heavy (non-hydrogen) atoms. The van der Waals surface area contributed by atoms with Crippen molar-refractivity contribution in [3.63, 3.8) is 0 Å². The lowest BCUT2D eigenvalue weighted by Crippen LogP contribution is -2.53. The second kappa shape index (κ2) is 14.2. The van der Waals surface area contributed by atoms with Crippen LogP contribution in [-0.4, -0.2) is 43.8 Å². The summed E-state index contributed by atoms with van der Waals surface area (Å²) in [5.74, 6) is -0.893. The van der Waals surface area contributed by atoms with Gasteiger partial charge < -0.3 is 10.2 Å². The van der Waals surface area contributed by atoms with Gasteiger partial charge in [0.1, 0.15) is 12.6 Å². The molecule has 0 saturated carbocycles. The highest BCUT2D eigenvalue weighted by molar-refractivity contribution is 7.92. The van der Waals surface area contributed by atoms with Gasteiger partial charge in [0.25, 0.3) is 10.0 Å². The van der Waals surface area contributed by atoms with Crippen LogP contribution in [0, 0.1) is 13.8 Å². The van der Waals surface area contributed by atoms with Gasteiger partial charge in [0, 0.05) is 28.2 Å². The van der Waals surface area contributed by atoms with Gasteiger partial charge in [-0.25, -0.2) is 8.42 Å². The first-order chi connectivity index (χ1) is 19.4. The normalized spacial score (nSPS) is 12.9. The molecule has 0 aliphatic heterocycles. The van der Waals surface area contributed by atoms with Crippen LogP contribution in [-0.2, 0) is 26.2 Å². The average molecular weight is 619 g/mol. The summed E-state index contributed by atoms with van der Waals surface area (Å²) in [6, 6.07) is 17.4. The standard InChI is InChI=1S/C31H37Cl2N3O4S/c1-6-23(5)34-31(38)28(7-2)35(19-25-26(32)14-11-15-27(25)33)30(37)20-36(29-18-21(3)16-17-22(29)4)41(39,40)24-12-9-8-10-13-24/h8-18,23,28H,6-7,19-20H2,1-5H3,(H,34,38)/t23-,28+/m1/s1. The Balaban J connectivity index is 2.13. The van der Waals surface area contributed by atoms with Crippen molar-refractivity contribution in [2.24, 2.45) is 0 Å². The number of sulfonamides is 1. The number of halogens is 2. The highest BCUT2D eigenvalue weighted by Crippen LogP contribution is 2.30. The molecule has 0 saturated heterocycles. The summed E-state index contributed by atoms with van der Waals surface area (Å²) in [6.45, 7) is 8.69. The van der Waals surface area contributed by atoms with E-state index in [4.69, 9.17) is 23.2 Å². The van der Waals surface area contributed by atoms with E-state index >= 15 is 0 Å². The monoisotopic (exact) mass is 617 g/mol. The third kappa shape index (κ3) is 7.82. The summed E-state index contributed by atoms with van der Waals surface area (Å²) in [5, 5.41) is 3.64. The zero-order valence-corrected chi connectivity index (χ0v) is 26.4. The number of carbonyl (C=O) groups is 2. The average Bonchev–Trinajstić information content (AvgIpc) is 2.94. The van der Waals surface area contributed by atoms with Gasteiger partial charge >= 0.3 is 0 Å². The second-order valence-electron chi connectivity index (χ2n) is 10.1. The Labute approximate surface area is 253 Å². The van der Waals surface area contributed by atoms with E-state index in [1.54, 1.807) is 56.3 Å². The van der Waals surface area contributed by atoms with Crippen LogP contribution in [0.15, 0.2) is 71.6 Å². The Morgan fingerprint density at radius 3 is 2.12 bits per heavy atom. The van der Waals surface area contributed by atoms with Crippen molar-refractivity contribution in [3.05, 3.63) is 93.5 Å². The molecule has 220 valence electrons. The molecular formula is C31H37Cl2N3O4S. The number of anilines is 1. The highest BCUT2D eigenvalue weighted by atomic mass is 35.5. The zero-order chi connectivity index (χ0) is 30.3. The Morgan fingerprint density at radius 1 is 0.902 bits per heavy atom. The number of rotatable bonds is 12. The van der Waals surface area contributed by atoms with E-state index in [1.807, 2.05) is 32.9 Å². The largest absolute Gasteiger partial charge is 0.352 e. The van der Waals surface area contributed by atoms with Gasteiger partial charge in [0.15, 0.2) is 0 Å². The fourth-order valence-corrected chi connectivity index (χ4v) is 6.44. The maximum Gasteiger partial charge on any atom is 0.264 e. The molecule has 3 rings (SSSR count). The predicted molar refractivity (Wildman–Crippen MR) is 166 cm³/mol. The van der Waals surface area contributed by atoms with Crippen molar-refractivity contribution in [2.45, 2.75) is 71.0 Å². The maximum atomic E-state index is 14.2. The third-order valence-corrected chi connectivity index (χ3v) is 9.50. The molecule has 2 atom stereocenters. The van der Waals surface area contributed by atoms with Gasteiger partial charge in [0.2, 0.25) is 11.8 Å². The first kappa shape index (κ1) is 32.4. The van der Waals surface area contributed by atoms with E-state index in [1.165, 1.54) is 17.0 Å². The first-order valence-electron chi connectivity index (χ1n) is 13.6. The van der Waals surface area contributed by atoms with Gasteiger partial charge in [-0.15, -0.1) is 0 Å². The topological polar surface area (TPSA) is 86.8 Å². The van der Waals surface area contributed by atoms with Crippen molar-refractivity contribution < 1.29 is 18.0 Å². The Kier molecular flexibility index (Phi) is 11.2. The van der Waals surface area contributed by atoms with Gasteiger partial charge in [-0.2, -0.15) is 0 Å². The van der Waals surface area contributed by atoms with E-state index < -0.39 is 28.5 Å². The molecule has 0 spiro atoms. The van der Waals surface area contributed by atoms with Crippen LogP contribution in [0.3, 0.4) is 0 Å². The summed E-state index contributed by atoms with van der Waals surface area (Å²) in [6.07, 6.45) is 1.01. The quantitative estimate of drug-likeness (QED) is 0.250. The van der Waals surface area contributed by atoms with Crippen molar-refractivity contribution in [2.75, 3.05) is 10.8 Å². The Morgan fingerprint density at radius 2 is 1.54 bits per heavy atom. The molecule has 0 aliphatic rings. The lowest BCUT2D eigenvalue weighted by molar-refractivity contribution is -0.140. The number of nitrogens with one attached hydrogen (secondary N) is 1. The summed E-state index contributed by atoms with van der Waals surface area (Å²) in [7, 11) is -4.15. The van der Waals surface area contributed by atoms with E-state index in [9.17, 15) is 18.0 Å². The molecule has 0 fully saturated rings. The van der Waals surface area contributed by atoms with E-state index in [0.717, 1.165) is 9.87 Å². The minimum atomic E-state index is -4.15. The first-order valence-corrected chi connectivity index (χ1v) is 15.8. The van der Waals surface area contributed by atoms with E-state index in [-0.39, 0.29) is 23.4 Å². The van der Waals surface area contributed by atoms with Crippen molar-refractivity contribution >= 4 is 50.7 Å². The van der Waals surface area contributed by atoms with Crippen LogP contribution in [0.4, 0.5) is 5.69 Å². The number of aryl methyl sites for hydroxylation is 2. The van der Waals surface area contributed by atoms with Crippen molar-refractivity contribution in [1.82, 2.24) is 10.2 Å². The molecule has 1 N–H and O–H groups in total. The Hall–Kier alpha value is -3.07. The minimum absolute atomic E-state index is 0.0518. The highest BCUT2D eigenvalue weighted by Gasteiger charge is 2.35. The van der Waals surface area contributed by atoms with Gasteiger partial charge in [-0.3, -0.25) is 13.9 Å². The van der Waals surface area contributed by atoms with Crippen molar-refractivity contribution in [3.8, 4) is 0 Å². The predicted octanol–water partition coefficient (Wildman–Crippen LogP) is 6.53. The summed E-state index contributed by atoms with van der Waals surface area (Å²) in [4.78, 5) is 29.1. The van der Waals surface area contributed by atoms with Gasteiger partial charge in [-0.1, -0.05) is 73.4 Å².